The van der Waals surface area contributed by atoms with Crippen molar-refractivity contribution in [3.63, 3.8) is 0 Å². The molecule has 0 fully saturated rings. The van der Waals surface area contributed by atoms with E-state index in [-0.39, 0.29) is 17.4 Å². The van der Waals surface area contributed by atoms with Gasteiger partial charge in [-0.15, -0.1) is 0 Å². The van der Waals surface area contributed by atoms with E-state index >= 15 is 0 Å². The van der Waals surface area contributed by atoms with Gasteiger partial charge < -0.3 is 10.6 Å². The quantitative estimate of drug-likeness (QED) is 0.484. The normalized spacial score (nSPS) is 17.7. The largest absolute Gasteiger partial charge is 0.352 e. The number of aryl methyl sites for hydroxylation is 2. The number of carbonyl (C=O) groups excluding carboxylic acids is 2. The lowest BCUT2D eigenvalue weighted by atomic mass is 9.77. The molecule has 8 heteroatoms. The van der Waals surface area contributed by atoms with E-state index in [9.17, 15) is 14.9 Å². The Kier molecular flexibility index (Phi) is 7.37. The predicted octanol–water partition coefficient (Wildman–Crippen LogP) is 6.41. The van der Waals surface area contributed by atoms with Crippen molar-refractivity contribution in [2.45, 2.75) is 39.0 Å². The fraction of sp³-hybridized carbons (Fsp3) is 0.269. The van der Waals surface area contributed by atoms with Gasteiger partial charge in [0.05, 0.1) is 38.4 Å². The number of carbonyl (C=O) groups is 2. The molecule has 1 atom stereocenters. The van der Waals surface area contributed by atoms with Gasteiger partial charge >= 0.3 is 0 Å². The third-order valence-electron chi connectivity index (χ3n) is 6.09. The maximum atomic E-state index is 12.9. The number of thioether (sulfide) groups is 1. The smallest absolute Gasteiger partial charge is 0.234 e. The monoisotopic (exact) mass is 511 g/mol. The van der Waals surface area contributed by atoms with Gasteiger partial charge in [0, 0.05) is 23.4 Å². The molecule has 0 saturated heterocycles. The number of hydrogen-bond acceptors (Lipinski definition) is 5. The highest BCUT2D eigenvalue weighted by Gasteiger charge is 2.38. The number of benzene rings is 2. The van der Waals surface area contributed by atoms with Crippen LogP contribution in [-0.2, 0) is 9.59 Å². The molecule has 1 aliphatic carbocycles. The molecule has 1 heterocycles. The number of hydrogen-bond donors (Lipinski definition) is 2. The highest BCUT2D eigenvalue weighted by atomic mass is 35.5. The Morgan fingerprint density at radius 1 is 1.21 bits per heavy atom. The molecule has 0 bridgehead atoms. The minimum atomic E-state index is -0.620. The summed E-state index contributed by atoms with van der Waals surface area (Å²) < 4.78 is 0. The Balaban J connectivity index is 1.64. The molecular formula is C26H23Cl2N3O2S. The maximum Gasteiger partial charge on any atom is 0.234 e. The van der Waals surface area contributed by atoms with Crippen LogP contribution in [0, 0.1) is 25.2 Å². The summed E-state index contributed by atoms with van der Waals surface area (Å²) in [7, 11) is 0. The number of halogens is 2. The summed E-state index contributed by atoms with van der Waals surface area (Å²) in [5.74, 6) is -0.700. The van der Waals surface area contributed by atoms with Crippen LogP contribution < -0.4 is 10.6 Å². The van der Waals surface area contributed by atoms with E-state index in [0.29, 0.717) is 44.6 Å². The molecule has 0 spiro atoms. The van der Waals surface area contributed by atoms with E-state index in [1.54, 1.807) is 18.2 Å². The summed E-state index contributed by atoms with van der Waals surface area (Å²) in [5, 5.41) is 17.6. The topological polar surface area (TPSA) is 82.0 Å². The van der Waals surface area contributed by atoms with E-state index in [1.165, 1.54) is 11.8 Å². The SMILES string of the molecule is Cc1ccc(NC(=O)CSC2=C(C#N)[C@H](c3cccc(Cl)c3Cl)C3=C(CCCC3=O)N2)cc1C. The summed E-state index contributed by atoms with van der Waals surface area (Å²) in [6, 6.07) is 13.3. The van der Waals surface area contributed by atoms with Gasteiger partial charge in [0.15, 0.2) is 5.78 Å². The molecule has 2 N–H and O–H groups in total. The van der Waals surface area contributed by atoms with Gasteiger partial charge in [-0.25, -0.2) is 0 Å². The van der Waals surface area contributed by atoms with E-state index in [0.717, 1.165) is 28.9 Å². The summed E-state index contributed by atoms with van der Waals surface area (Å²) in [5.41, 5.74) is 5.31. The van der Waals surface area contributed by atoms with Crippen molar-refractivity contribution in [2.24, 2.45) is 0 Å². The second-order valence-electron chi connectivity index (χ2n) is 8.36. The fourth-order valence-electron chi connectivity index (χ4n) is 4.25. The molecule has 4 rings (SSSR count). The number of anilines is 1. The number of allylic oxidation sites excluding steroid dienone is 3. The summed E-state index contributed by atoms with van der Waals surface area (Å²) in [4.78, 5) is 25.6. The first-order valence-corrected chi connectivity index (χ1v) is 12.7. The minimum Gasteiger partial charge on any atom is -0.352 e. The Bertz CT molecular complexity index is 1290. The third-order valence-corrected chi connectivity index (χ3v) is 7.94. The Hall–Kier alpha value is -2.72. The number of nitriles is 1. The number of dihydropyridines is 1. The van der Waals surface area contributed by atoms with Gasteiger partial charge in [-0.3, -0.25) is 9.59 Å². The second-order valence-corrected chi connectivity index (χ2v) is 10.1. The van der Waals surface area contributed by atoms with Gasteiger partial charge in [0.25, 0.3) is 0 Å². The average molecular weight is 512 g/mol. The third kappa shape index (κ3) is 4.88. The molecule has 5 nitrogen and oxygen atoms in total. The van der Waals surface area contributed by atoms with Crippen LogP contribution in [0.3, 0.4) is 0 Å². The van der Waals surface area contributed by atoms with Crippen LogP contribution in [0.25, 0.3) is 0 Å². The number of nitrogens with one attached hydrogen (secondary N) is 2. The molecule has 2 aromatic carbocycles. The standard InChI is InChI=1S/C26H23Cl2N3O2S/c1-14-9-10-16(11-15(14)2)30-22(33)13-34-26-18(12-29)23(17-5-3-6-19(27)25(17)28)24-20(31-26)7-4-8-21(24)32/h3,5-6,9-11,23,31H,4,7-8,13H2,1-2H3,(H,30,33)/t23-/m0/s1. The van der Waals surface area contributed by atoms with Crippen molar-refractivity contribution in [1.82, 2.24) is 5.32 Å². The van der Waals surface area contributed by atoms with Crippen LogP contribution in [-0.4, -0.2) is 17.4 Å². The van der Waals surface area contributed by atoms with Gasteiger partial charge in [-0.1, -0.05) is 53.2 Å². The lowest BCUT2D eigenvalue weighted by molar-refractivity contribution is -0.116. The first-order valence-electron chi connectivity index (χ1n) is 10.9. The number of ketones is 1. The van der Waals surface area contributed by atoms with Crippen molar-refractivity contribution in [1.29, 1.82) is 5.26 Å². The molecule has 1 amide bonds. The van der Waals surface area contributed by atoms with Crippen molar-refractivity contribution in [3.8, 4) is 6.07 Å². The summed E-state index contributed by atoms with van der Waals surface area (Å²) >= 11 is 14.0. The van der Waals surface area contributed by atoms with E-state index in [2.05, 4.69) is 16.7 Å². The number of nitrogens with zero attached hydrogens (tertiary/aromatic N) is 1. The number of Topliss-reactive ketones (excluding diaryl/α,β-unsaturated/α-hetero) is 1. The molecule has 1 aliphatic heterocycles. The molecule has 2 aromatic rings. The first kappa shape index (κ1) is 24.4. The van der Waals surface area contributed by atoms with E-state index < -0.39 is 5.92 Å². The molecule has 174 valence electrons. The van der Waals surface area contributed by atoms with Gasteiger partial charge in [-0.05, 0) is 61.6 Å². The molecule has 0 saturated carbocycles. The summed E-state index contributed by atoms with van der Waals surface area (Å²) in [6.07, 6.45) is 1.84. The molecule has 34 heavy (non-hydrogen) atoms. The van der Waals surface area contributed by atoms with Crippen molar-refractivity contribution < 1.29 is 9.59 Å². The van der Waals surface area contributed by atoms with Crippen LogP contribution >= 0.6 is 35.0 Å². The minimum absolute atomic E-state index is 0.000855. The Morgan fingerprint density at radius 2 is 2.00 bits per heavy atom. The lowest BCUT2D eigenvalue weighted by Gasteiger charge is -2.33. The lowest BCUT2D eigenvalue weighted by Crippen LogP contribution is -2.32. The second kappa shape index (κ2) is 10.3. The Morgan fingerprint density at radius 3 is 2.74 bits per heavy atom. The van der Waals surface area contributed by atoms with Crippen LogP contribution in [0.4, 0.5) is 5.69 Å². The molecule has 0 radical (unpaired) electrons. The van der Waals surface area contributed by atoms with Crippen LogP contribution in [0.5, 0.6) is 0 Å². The van der Waals surface area contributed by atoms with Crippen molar-refractivity contribution in [3.05, 3.63) is 85.0 Å². The average Bonchev–Trinajstić information content (AvgIpc) is 2.81. The van der Waals surface area contributed by atoms with Gasteiger partial charge in [0.2, 0.25) is 5.91 Å². The fourth-order valence-corrected chi connectivity index (χ4v) is 5.52. The van der Waals surface area contributed by atoms with E-state index in [1.807, 2.05) is 32.0 Å². The molecule has 0 aromatic heterocycles. The zero-order valence-corrected chi connectivity index (χ0v) is 21.1. The van der Waals surface area contributed by atoms with Crippen LogP contribution in [0.1, 0.15) is 41.9 Å². The molecule has 2 aliphatic rings. The highest BCUT2D eigenvalue weighted by molar-refractivity contribution is 8.03. The highest BCUT2D eigenvalue weighted by Crippen LogP contribution is 2.46. The van der Waals surface area contributed by atoms with E-state index in [4.69, 9.17) is 23.2 Å². The van der Waals surface area contributed by atoms with Crippen molar-refractivity contribution in [2.75, 3.05) is 11.1 Å². The maximum absolute atomic E-state index is 12.9. The number of amides is 1. The molecule has 0 unspecified atom stereocenters. The zero-order chi connectivity index (χ0) is 24.4. The first-order chi connectivity index (χ1) is 16.3. The van der Waals surface area contributed by atoms with Gasteiger partial charge in [0.1, 0.15) is 0 Å². The molecular weight excluding hydrogens is 489 g/mol. The number of rotatable bonds is 5. The van der Waals surface area contributed by atoms with Crippen LogP contribution in [0.2, 0.25) is 10.0 Å². The van der Waals surface area contributed by atoms with Gasteiger partial charge in [-0.2, -0.15) is 5.26 Å². The Labute approximate surface area is 213 Å². The predicted molar refractivity (Wildman–Crippen MR) is 138 cm³/mol. The van der Waals surface area contributed by atoms with Crippen molar-refractivity contribution >= 4 is 52.3 Å². The zero-order valence-electron chi connectivity index (χ0n) is 18.8. The summed E-state index contributed by atoms with van der Waals surface area (Å²) in [6.45, 7) is 4.01. The van der Waals surface area contributed by atoms with Crippen LogP contribution in [0.15, 0.2) is 58.3 Å².